The first kappa shape index (κ1) is 11.8. The fourth-order valence-corrected chi connectivity index (χ4v) is 2.18. The largest absolute Gasteiger partial charge is 0.497 e. The Morgan fingerprint density at radius 2 is 1.89 bits per heavy atom. The van der Waals surface area contributed by atoms with Crippen LogP contribution in [0.4, 0.5) is 0 Å². The highest BCUT2D eigenvalue weighted by atomic mass is 16.5. The van der Waals surface area contributed by atoms with Gasteiger partial charge in [-0.3, -0.25) is 0 Å². The first-order valence-electron chi connectivity index (χ1n) is 6.16. The molecule has 3 nitrogen and oxygen atoms in total. The molecule has 1 heterocycles. The molecule has 3 rings (SSSR count). The second-order valence-electron chi connectivity index (χ2n) is 4.41. The van der Waals surface area contributed by atoms with Gasteiger partial charge in [0.1, 0.15) is 11.3 Å². The predicted octanol–water partition coefficient (Wildman–Crippen LogP) is 3.57. The molecule has 2 aromatic carbocycles. The molecule has 0 aliphatic carbocycles. The fourth-order valence-electron chi connectivity index (χ4n) is 2.18. The quantitative estimate of drug-likeness (QED) is 0.776. The standard InChI is InChI=1S/C16H15NO2/c1-18-13-6-7-14-15(10-19-16(14)8-13)12-4-2-11(9-17)3-5-12/h2-8,10H,9,17H2,1H3. The van der Waals surface area contributed by atoms with Gasteiger partial charge in [0, 0.05) is 23.6 Å². The summed E-state index contributed by atoms with van der Waals surface area (Å²) in [6, 6.07) is 14.1. The van der Waals surface area contributed by atoms with Crippen LogP contribution < -0.4 is 10.5 Å². The van der Waals surface area contributed by atoms with E-state index < -0.39 is 0 Å². The Labute approximate surface area is 111 Å². The van der Waals surface area contributed by atoms with Gasteiger partial charge < -0.3 is 14.9 Å². The SMILES string of the molecule is COc1ccc2c(-c3ccc(CN)cc3)coc2c1. The van der Waals surface area contributed by atoms with Gasteiger partial charge in [0.2, 0.25) is 0 Å². The molecular weight excluding hydrogens is 238 g/mol. The van der Waals surface area contributed by atoms with Gasteiger partial charge in [-0.1, -0.05) is 24.3 Å². The highest BCUT2D eigenvalue weighted by molar-refractivity contribution is 5.94. The maximum absolute atomic E-state index is 5.61. The minimum Gasteiger partial charge on any atom is -0.497 e. The van der Waals surface area contributed by atoms with E-state index in [1.807, 2.05) is 30.3 Å². The van der Waals surface area contributed by atoms with Crippen LogP contribution in [0.5, 0.6) is 5.75 Å². The van der Waals surface area contributed by atoms with Crippen molar-refractivity contribution in [3.8, 4) is 16.9 Å². The Kier molecular flexibility index (Phi) is 2.97. The second-order valence-corrected chi connectivity index (χ2v) is 4.41. The zero-order chi connectivity index (χ0) is 13.2. The van der Waals surface area contributed by atoms with Gasteiger partial charge in [-0.05, 0) is 23.3 Å². The number of ether oxygens (including phenoxy) is 1. The number of nitrogens with two attached hydrogens (primary N) is 1. The minimum atomic E-state index is 0.559. The van der Waals surface area contributed by atoms with Gasteiger partial charge in [-0.2, -0.15) is 0 Å². The highest BCUT2D eigenvalue weighted by Gasteiger charge is 2.08. The normalized spacial score (nSPS) is 10.8. The summed E-state index contributed by atoms with van der Waals surface area (Å²) in [7, 11) is 1.65. The maximum Gasteiger partial charge on any atom is 0.138 e. The van der Waals surface area contributed by atoms with Gasteiger partial charge in [0.25, 0.3) is 0 Å². The topological polar surface area (TPSA) is 48.4 Å². The van der Waals surface area contributed by atoms with E-state index in [9.17, 15) is 0 Å². The van der Waals surface area contributed by atoms with E-state index in [-0.39, 0.29) is 0 Å². The van der Waals surface area contributed by atoms with E-state index in [4.69, 9.17) is 14.9 Å². The summed E-state index contributed by atoms with van der Waals surface area (Å²) in [5, 5.41) is 1.08. The number of hydrogen-bond acceptors (Lipinski definition) is 3. The van der Waals surface area contributed by atoms with E-state index in [1.165, 1.54) is 0 Å². The molecule has 0 saturated heterocycles. The molecule has 19 heavy (non-hydrogen) atoms. The van der Waals surface area contributed by atoms with Crippen LogP contribution in [0, 0.1) is 0 Å². The van der Waals surface area contributed by atoms with Crippen molar-refractivity contribution in [3.05, 3.63) is 54.3 Å². The van der Waals surface area contributed by atoms with E-state index in [1.54, 1.807) is 13.4 Å². The van der Waals surface area contributed by atoms with E-state index in [0.29, 0.717) is 6.54 Å². The molecule has 3 heteroatoms. The summed E-state index contributed by atoms with van der Waals surface area (Å²) in [4.78, 5) is 0. The molecule has 1 aromatic heterocycles. The van der Waals surface area contributed by atoms with Gasteiger partial charge in [0.15, 0.2) is 0 Å². The number of benzene rings is 2. The molecule has 0 amide bonds. The first-order chi connectivity index (χ1) is 9.31. The summed E-state index contributed by atoms with van der Waals surface area (Å²) in [6.45, 7) is 0.559. The lowest BCUT2D eigenvalue weighted by Crippen LogP contribution is -1.95. The van der Waals surface area contributed by atoms with Crippen molar-refractivity contribution in [1.29, 1.82) is 0 Å². The molecule has 0 unspecified atom stereocenters. The first-order valence-corrected chi connectivity index (χ1v) is 6.16. The van der Waals surface area contributed by atoms with Crippen LogP contribution in [0.1, 0.15) is 5.56 Å². The van der Waals surface area contributed by atoms with Gasteiger partial charge in [-0.15, -0.1) is 0 Å². The summed E-state index contributed by atoms with van der Waals surface area (Å²) < 4.78 is 10.8. The van der Waals surface area contributed by atoms with Crippen LogP contribution >= 0.6 is 0 Å². The summed E-state index contributed by atoms with van der Waals surface area (Å²) in [5.41, 5.74) is 9.77. The van der Waals surface area contributed by atoms with Crippen molar-refractivity contribution in [1.82, 2.24) is 0 Å². The third-order valence-corrected chi connectivity index (χ3v) is 3.28. The lowest BCUT2D eigenvalue weighted by molar-refractivity contribution is 0.414. The molecule has 0 bridgehead atoms. The predicted molar refractivity (Wildman–Crippen MR) is 76.1 cm³/mol. The zero-order valence-electron chi connectivity index (χ0n) is 10.7. The third kappa shape index (κ3) is 2.09. The third-order valence-electron chi connectivity index (χ3n) is 3.28. The Bertz CT molecular complexity index is 698. The molecule has 0 aliphatic heterocycles. The van der Waals surface area contributed by atoms with Crippen molar-refractivity contribution in [2.45, 2.75) is 6.54 Å². The molecule has 0 saturated carbocycles. The van der Waals surface area contributed by atoms with Crippen LogP contribution in [0.3, 0.4) is 0 Å². The second kappa shape index (κ2) is 4.78. The summed E-state index contributed by atoms with van der Waals surface area (Å²) in [6.07, 6.45) is 1.78. The fraction of sp³-hybridized carbons (Fsp3) is 0.125. The average molecular weight is 253 g/mol. The molecule has 3 aromatic rings. The van der Waals surface area contributed by atoms with E-state index in [0.717, 1.165) is 33.4 Å². The van der Waals surface area contributed by atoms with Crippen molar-refractivity contribution in [2.75, 3.05) is 7.11 Å². The Morgan fingerprint density at radius 1 is 1.11 bits per heavy atom. The Balaban J connectivity index is 2.09. The molecule has 2 N–H and O–H groups in total. The smallest absolute Gasteiger partial charge is 0.138 e. The van der Waals surface area contributed by atoms with E-state index >= 15 is 0 Å². The maximum atomic E-state index is 5.61. The number of hydrogen-bond donors (Lipinski definition) is 1. The molecule has 0 radical (unpaired) electrons. The number of methoxy groups -OCH3 is 1. The molecule has 0 fully saturated rings. The lowest BCUT2D eigenvalue weighted by atomic mass is 10.0. The van der Waals surface area contributed by atoms with Crippen molar-refractivity contribution >= 4 is 11.0 Å². The average Bonchev–Trinajstić information content (AvgIpc) is 2.90. The monoisotopic (exact) mass is 253 g/mol. The van der Waals surface area contributed by atoms with Crippen LogP contribution in [0.15, 0.2) is 53.1 Å². The van der Waals surface area contributed by atoms with Crippen LogP contribution in [0.25, 0.3) is 22.1 Å². The minimum absolute atomic E-state index is 0.559. The van der Waals surface area contributed by atoms with Crippen LogP contribution in [-0.2, 0) is 6.54 Å². The van der Waals surface area contributed by atoms with Crippen molar-refractivity contribution < 1.29 is 9.15 Å². The summed E-state index contributed by atoms with van der Waals surface area (Å²) in [5.74, 6) is 0.798. The number of rotatable bonds is 3. The molecule has 0 atom stereocenters. The zero-order valence-corrected chi connectivity index (χ0v) is 10.7. The highest BCUT2D eigenvalue weighted by Crippen LogP contribution is 2.32. The van der Waals surface area contributed by atoms with Crippen LogP contribution in [-0.4, -0.2) is 7.11 Å². The molecule has 0 spiro atoms. The van der Waals surface area contributed by atoms with Crippen molar-refractivity contribution in [2.24, 2.45) is 5.73 Å². The van der Waals surface area contributed by atoms with Gasteiger partial charge in [0.05, 0.1) is 13.4 Å². The lowest BCUT2D eigenvalue weighted by Gasteiger charge is -2.02. The van der Waals surface area contributed by atoms with Gasteiger partial charge >= 0.3 is 0 Å². The molecule has 0 aliphatic rings. The summed E-state index contributed by atoms with van der Waals surface area (Å²) >= 11 is 0. The Morgan fingerprint density at radius 3 is 2.58 bits per heavy atom. The number of furan rings is 1. The van der Waals surface area contributed by atoms with Crippen LogP contribution in [0.2, 0.25) is 0 Å². The van der Waals surface area contributed by atoms with E-state index in [2.05, 4.69) is 12.1 Å². The van der Waals surface area contributed by atoms with Gasteiger partial charge in [-0.25, -0.2) is 0 Å². The Hall–Kier alpha value is -2.26. The molecule has 96 valence electrons. The van der Waals surface area contributed by atoms with Crippen molar-refractivity contribution in [3.63, 3.8) is 0 Å². The molecular formula is C16H15NO2. The number of fused-ring (bicyclic) bond motifs is 1.